The number of carbonyl (C=O) groups is 3. The van der Waals surface area contributed by atoms with Crippen molar-refractivity contribution < 1.29 is 28.6 Å². The minimum absolute atomic E-state index is 0.130. The first-order valence-corrected chi connectivity index (χ1v) is 33.3. The molecule has 6 nitrogen and oxygen atoms in total. The van der Waals surface area contributed by atoms with E-state index in [1.54, 1.807) is 0 Å². The zero-order chi connectivity index (χ0) is 58.5. The summed E-state index contributed by atoms with van der Waals surface area (Å²) in [6.45, 7) is 6.32. The molecule has 6 heteroatoms. The van der Waals surface area contributed by atoms with Crippen molar-refractivity contribution in [2.24, 2.45) is 0 Å². The van der Waals surface area contributed by atoms with Crippen molar-refractivity contribution in [2.45, 2.75) is 297 Å². The van der Waals surface area contributed by atoms with Crippen LogP contribution in [0.4, 0.5) is 0 Å². The average molecular weight is 1120 g/mol. The normalized spacial score (nSPS) is 13.1. The number of ether oxygens (including phenoxy) is 3. The molecule has 0 N–H and O–H groups in total. The summed E-state index contributed by atoms with van der Waals surface area (Å²) in [7, 11) is 0. The molecule has 0 aromatic heterocycles. The van der Waals surface area contributed by atoms with Crippen LogP contribution < -0.4 is 0 Å². The van der Waals surface area contributed by atoms with Crippen LogP contribution in [0.15, 0.2) is 146 Å². The minimum atomic E-state index is -0.849. The molecule has 458 valence electrons. The lowest BCUT2D eigenvalue weighted by Gasteiger charge is -2.18. The Morgan fingerprint density at radius 1 is 0.259 bits per heavy atom. The second-order valence-electron chi connectivity index (χ2n) is 21.6. The molecular weight excluding hydrogens is 997 g/mol. The second-order valence-corrected chi connectivity index (χ2v) is 21.6. The number of carbonyl (C=O) groups excluding carboxylic acids is 3. The monoisotopic (exact) mass is 1120 g/mol. The maximum Gasteiger partial charge on any atom is 0.306 e. The predicted molar refractivity (Wildman–Crippen MR) is 352 cm³/mol. The minimum Gasteiger partial charge on any atom is -0.462 e. The first-order chi connectivity index (χ1) is 40.0. The number of hydrogen-bond acceptors (Lipinski definition) is 6. The molecule has 0 aliphatic carbocycles. The van der Waals surface area contributed by atoms with Crippen molar-refractivity contribution in [3.63, 3.8) is 0 Å². The van der Waals surface area contributed by atoms with Crippen molar-refractivity contribution in [2.75, 3.05) is 13.2 Å². The van der Waals surface area contributed by atoms with Gasteiger partial charge in [-0.15, -0.1) is 0 Å². The van der Waals surface area contributed by atoms with Crippen LogP contribution in [0.3, 0.4) is 0 Å². The first-order valence-electron chi connectivity index (χ1n) is 33.3. The van der Waals surface area contributed by atoms with Crippen LogP contribution in [0.2, 0.25) is 0 Å². The number of rotatable bonds is 59. The molecule has 0 heterocycles. The highest BCUT2D eigenvalue weighted by Gasteiger charge is 2.19. The van der Waals surface area contributed by atoms with E-state index in [-0.39, 0.29) is 38.0 Å². The topological polar surface area (TPSA) is 78.9 Å². The van der Waals surface area contributed by atoms with E-state index >= 15 is 0 Å². The van der Waals surface area contributed by atoms with Crippen LogP contribution in [-0.2, 0) is 28.6 Å². The predicted octanol–water partition coefficient (Wildman–Crippen LogP) is 23.1. The number of esters is 3. The van der Waals surface area contributed by atoms with E-state index in [0.29, 0.717) is 19.3 Å². The molecule has 0 rings (SSSR count). The standard InChI is InChI=1S/C75H122O6/c1-4-7-10-13-16-19-22-25-28-31-33-34-35-36-37-38-39-40-42-44-47-50-53-56-59-62-65-68-74(77)80-71-72(70-79-73(76)67-64-61-58-55-52-49-46-43-30-27-24-21-18-15-12-9-6-3)81-75(78)69-66-63-60-57-54-51-48-45-41-32-29-26-23-20-17-14-11-8-5-2/h8-9,11-12,17-18,20-21,26-27,29-31,33,41,45-46,49,51,54-55,58,60,63,72H,4-7,10,13-16,19,22-25,28,32,34-40,42-44,47-48,50,52-53,56-57,59,61-62,64-71H2,1-3H3/b11-8-,12-9-,20-17-,21-18-,29-26-,30-27-,33-31-,45-41-,49-46-,54-51-,58-55-,63-60-. The van der Waals surface area contributed by atoms with E-state index in [4.69, 9.17) is 14.2 Å². The van der Waals surface area contributed by atoms with Crippen molar-refractivity contribution in [1.29, 1.82) is 0 Å². The van der Waals surface area contributed by atoms with E-state index in [9.17, 15) is 14.4 Å². The summed E-state index contributed by atoms with van der Waals surface area (Å²) in [6, 6.07) is 0. The number of unbranched alkanes of at least 4 members (excludes halogenated alkanes) is 24. The fraction of sp³-hybridized carbons (Fsp3) is 0.640. The average Bonchev–Trinajstić information content (AvgIpc) is 3.47. The molecule has 0 aromatic carbocycles. The molecule has 0 fully saturated rings. The van der Waals surface area contributed by atoms with E-state index in [0.717, 1.165) is 96.3 Å². The van der Waals surface area contributed by atoms with Crippen molar-refractivity contribution >= 4 is 17.9 Å². The van der Waals surface area contributed by atoms with Crippen LogP contribution in [-0.4, -0.2) is 37.2 Å². The number of allylic oxidation sites excluding steroid dienone is 24. The fourth-order valence-corrected chi connectivity index (χ4v) is 8.91. The third kappa shape index (κ3) is 66.0. The Hall–Kier alpha value is -4.71. The Kier molecular flexibility index (Phi) is 63.9. The number of hydrogen-bond donors (Lipinski definition) is 0. The molecule has 0 radical (unpaired) electrons. The van der Waals surface area contributed by atoms with Crippen LogP contribution >= 0.6 is 0 Å². The highest BCUT2D eigenvalue weighted by molar-refractivity contribution is 5.71. The molecule has 0 aliphatic rings. The smallest absolute Gasteiger partial charge is 0.306 e. The van der Waals surface area contributed by atoms with Crippen LogP contribution in [0, 0.1) is 0 Å². The molecule has 0 bridgehead atoms. The Labute approximate surface area is 499 Å². The molecule has 0 aromatic rings. The maximum absolute atomic E-state index is 12.9. The van der Waals surface area contributed by atoms with Gasteiger partial charge < -0.3 is 14.2 Å². The molecule has 81 heavy (non-hydrogen) atoms. The fourth-order valence-electron chi connectivity index (χ4n) is 8.91. The third-order valence-electron chi connectivity index (χ3n) is 13.8. The Bertz CT molecular complexity index is 1760. The van der Waals surface area contributed by atoms with Crippen molar-refractivity contribution in [1.82, 2.24) is 0 Å². The van der Waals surface area contributed by atoms with Crippen LogP contribution in [0.1, 0.15) is 290 Å². The lowest BCUT2D eigenvalue weighted by atomic mass is 10.0. The molecule has 1 unspecified atom stereocenters. The summed E-state index contributed by atoms with van der Waals surface area (Å²) in [6.07, 6.45) is 97.5. The molecule has 0 saturated carbocycles. The van der Waals surface area contributed by atoms with Gasteiger partial charge >= 0.3 is 17.9 Å². The maximum atomic E-state index is 12.9. The summed E-state index contributed by atoms with van der Waals surface area (Å²) in [5, 5.41) is 0. The first kappa shape index (κ1) is 76.3. The van der Waals surface area contributed by atoms with Crippen molar-refractivity contribution in [3.05, 3.63) is 146 Å². The second kappa shape index (κ2) is 67.8. The van der Waals surface area contributed by atoms with Gasteiger partial charge in [-0.2, -0.15) is 0 Å². The summed E-state index contributed by atoms with van der Waals surface area (Å²) < 4.78 is 16.8. The zero-order valence-corrected chi connectivity index (χ0v) is 52.5. The van der Waals surface area contributed by atoms with Gasteiger partial charge in [0.25, 0.3) is 0 Å². The summed E-state index contributed by atoms with van der Waals surface area (Å²) >= 11 is 0. The lowest BCUT2D eigenvalue weighted by Crippen LogP contribution is -2.30. The van der Waals surface area contributed by atoms with Gasteiger partial charge in [0.15, 0.2) is 6.10 Å². The van der Waals surface area contributed by atoms with Crippen LogP contribution in [0.5, 0.6) is 0 Å². The molecule has 0 spiro atoms. The lowest BCUT2D eigenvalue weighted by molar-refractivity contribution is -0.166. The highest BCUT2D eigenvalue weighted by Crippen LogP contribution is 2.16. The largest absolute Gasteiger partial charge is 0.462 e. The van der Waals surface area contributed by atoms with Gasteiger partial charge in [0.05, 0.1) is 0 Å². The highest BCUT2D eigenvalue weighted by atomic mass is 16.6. The SMILES string of the molecule is CC/C=C\C/C=C\C/C=C\C/C=C\C/C=C\C/C=C\CCC(=O)OC(COC(=O)CCC/C=C\C/C=C\C/C=C\C/C=C\C/C=C\CC)COC(=O)CCCCCCCCCCCCCCCCC/C=C\CCCCCCCCCC. The van der Waals surface area contributed by atoms with E-state index in [1.165, 1.54) is 141 Å². The zero-order valence-electron chi connectivity index (χ0n) is 52.5. The Balaban J connectivity index is 4.46. The van der Waals surface area contributed by atoms with Gasteiger partial charge in [-0.3, -0.25) is 14.4 Å². The molecule has 0 aliphatic heterocycles. The molecular formula is C75H122O6. The van der Waals surface area contributed by atoms with Gasteiger partial charge in [0.2, 0.25) is 0 Å². The van der Waals surface area contributed by atoms with Gasteiger partial charge in [-0.25, -0.2) is 0 Å². The summed E-state index contributed by atoms with van der Waals surface area (Å²) in [5.74, 6) is -1.07. The van der Waals surface area contributed by atoms with Gasteiger partial charge in [0, 0.05) is 19.3 Å². The summed E-state index contributed by atoms with van der Waals surface area (Å²) in [5.41, 5.74) is 0. The van der Waals surface area contributed by atoms with Crippen LogP contribution in [0.25, 0.3) is 0 Å². The Morgan fingerprint density at radius 3 is 0.864 bits per heavy atom. The summed E-state index contributed by atoms with van der Waals surface area (Å²) in [4.78, 5) is 38.3. The van der Waals surface area contributed by atoms with Gasteiger partial charge in [-0.05, 0) is 122 Å². The van der Waals surface area contributed by atoms with Gasteiger partial charge in [0.1, 0.15) is 13.2 Å². The van der Waals surface area contributed by atoms with E-state index in [2.05, 4.69) is 154 Å². The Morgan fingerprint density at radius 2 is 0.519 bits per heavy atom. The third-order valence-corrected chi connectivity index (χ3v) is 13.8. The van der Waals surface area contributed by atoms with Gasteiger partial charge in [-0.1, -0.05) is 295 Å². The van der Waals surface area contributed by atoms with Crippen molar-refractivity contribution in [3.8, 4) is 0 Å². The molecule has 0 saturated heterocycles. The van der Waals surface area contributed by atoms with E-state index < -0.39 is 12.1 Å². The molecule has 1 atom stereocenters. The van der Waals surface area contributed by atoms with E-state index in [1.807, 2.05) is 12.2 Å². The quantitative estimate of drug-likeness (QED) is 0.0261. The molecule has 0 amide bonds.